The third-order valence-electron chi connectivity index (χ3n) is 2.28. The van der Waals surface area contributed by atoms with E-state index in [-0.39, 0.29) is 0 Å². The summed E-state index contributed by atoms with van der Waals surface area (Å²) in [5, 5.41) is 3.85. The number of furan rings is 1. The van der Waals surface area contributed by atoms with Gasteiger partial charge in [-0.15, -0.1) is 0 Å². The average molecular weight is 186 g/mol. The lowest BCUT2D eigenvalue weighted by Gasteiger charge is -1.98. The Balaban J connectivity index is 1.80. The molecule has 1 saturated carbocycles. The van der Waals surface area contributed by atoms with Gasteiger partial charge in [-0.2, -0.15) is 0 Å². The summed E-state index contributed by atoms with van der Waals surface area (Å²) in [5.41, 5.74) is 0. The summed E-state index contributed by atoms with van der Waals surface area (Å²) in [6, 6.07) is 4.37. The van der Waals surface area contributed by atoms with E-state index in [4.69, 9.17) is 16.0 Å². The molecule has 2 rings (SSSR count). The molecule has 0 radical (unpaired) electrons. The molecule has 1 fully saturated rings. The Morgan fingerprint density at radius 2 is 2.42 bits per heavy atom. The van der Waals surface area contributed by atoms with Gasteiger partial charge in [-0.3, -0.25) is 0 Å². The van der Waals surface area contributed by atoms with Gasteiger partial charge in [0.1, 0.15) is 5.76 Å². The van der Waals surface area contributed by atoms with Crippen molar-refractivity contribution in [3.05, 3.63) is 23.1 Å². The van der Waals surface area contributed by atoms with Crippen molar-refractivity contribution in [2.45, 2.75) is 25.9 Å². The predicted molar refractivity (Wildman–Crippen MR) is 48.1 cm³/mol. The summed E-state index contributed by atoms with van der Waals surface area (Å²) >= 11 is 5.63. The van der Waals surface area contributed by atoms with E-state index >= 15 is 0 Å². The fourth-order valence-corrected chi connectivity index (χ4v) is 1.45. The first-order valence-electron chi connectivity index (χ1n) is 4.23. The predicted octanol–water partition coefficient (Wildman–Crippen LogP) is 2.43. The lowest BCUT2D eigenvalue weighted by atomic mass is 10.4. The van der Waals surface area contributed by atoms with Crippen LogP contribution in [0.25, 0.3) is 0 Å². The first kappa shape index (κ1) is 8.14. The molecule has 12 heavy (non-hydrogen) atoms. The normalized spacial score (nSPS) is 27.5. The highest BCUT2D eigenvalue weighted by Crippen LogP contribution is 2.29. The minimum atomic E-state index is 0.468. The largest absolute Gasteiger partial charge is 0.448 e. The highest BCUT2D eigenvalue weighted by atomic mass is 35.5. The second-order valence-corrected chi connectivity index (χ2v) is 3.78. The number of halogens is 1. The smallest absolute Gasteiger partial charge is 0.193 e. The van der Waals surface area contributed by atoms with Crippen molar-refractivity contribution in [3.63, 3.8) is 0 Å². The van der Waals surface area contributed by atoms with Crippen molar-refractivity contribution >= 4 is 11.6 Å². The number of hydrogen-bond acceptors (Lipinski definition) is 2. The van der Waals surface area contributed by atoms with Crippen LogP contribution in [-0.4, -0.2) is 6.04 Å². The van der Waals surface area contributed by atoms with Crippen molar-refractivity contribution in [2.75, 3.05) is 0 Å². The van der Waals surface area contributed by atoms with Crippen molar-refractivity contribution in [1.82, 2.24) is 5.32 Å². The van der Waals surface area contributed by atoms with Gasteiger partial charge in [0.15, 0.2) is 5.22 Å². The van der Waals surface area contributed by atoms with E-state index in [1.54, 1.807) is 6.07 Å². The van der Waals surface area contributed by atoms with Crippen LogP contribution >= 0.6 is 11.6 Å². The Morgan fingerprint density at radius 3 is 2.92 bits per heavy atom. The summed E-state index contributed by atoms with van der Waals surface area (Å²) < 4.78 is 5.20. The molecule has 0 saturated heterocycles. The van der Waals surface area contributed by atoms with Gasteiger partial charge in [0.05, 0.1) is 6.54 Å². The summed E-state index contributed by atoms with van der Waals surface area (Å²) in [7, 11) is 0. The lowest BCUT2D eigenvalue weighted by molar-refractivity contribution is 0.480. The zero-order chi connectivity index (χ0) is 8.55. The van der Waals surface area contributed by atoms with Gasteiger partial charge >= 0.3 is 0 Å². The molecule has 0 unspecified atom stereocenters. The molecular weight excluding hydrogens is 174 g/mol. The molecule has 2 atom stereocenters. The van der Waals surface area contributed by atoms with Crippen LogP contribution in [0.1, 0.15) is 19.1 Å². The molecule has 0 spiro atoms. The molecule has 1 aromatic rings. The zero-order valence-electron chi connectivity index (χ0n) is 7.01. The van der Waals surface area contributed by atoms with Gasteiger partial charge in [-0.25, -0.2) is 0 Å². The maximum Gasteiger partial charge on any atom is 0.193 e. The SMILES string of the molecule is C[C@@H]1C[C@H]1NCc1ccc(Cl)o1. The molecule has 0 bridgehead atoms. The van der Waals surface area contributed by atoms with E-state index in [1.807, 2.05) is 6.07 Å². The highest BCUT2D eigenvalue weighted by molar-refractivity contribution is 6.28. The molecule has 1 aliphatic rings. The quantitative estimate of drug-likeness (QED) is 0.783. The Hall–Kier alpha value is -0.470. The van der Waals surface area contributed by atoms with E-state index in [0.29, 0.717) is 11.3 Å². The van der Waals surface area contributed by atoms with Crippen molar-refractivity contribution in [1.29, 1.82) is 0 Å². The average Bonchev–Trinajstić information content (AvgIpc) is 2.56. The minimum absolute atomic E-state index is 0.468. The van der Waals surface area contributed by atoms with Crippen LogP contribution in [-0.2, 0) is 6.54 Å². The molecule has 1 N–H and O–H groups in total. The minimum Gasteiger partial charge on any atom is -0.448 e. The van der Waals surface area contributed by atoms with Gasteiger partial charge in [0.25, 0.3) is 0 Å². The molecule has 1 heterocycles. The number of nitrogens with one attached hydrogen (secondary N) is 1. The topological polar surface area (TPSA) is 25.2 Å². The van der Waals surface area contributed by atoms with Gasteiger partial charge in [-0.1, -0.05) is 6.92 Å². The maximum atomic E-state index is 5.63. The highest BCUT2D eigenvalue weighted by Gasteiger charge is 2.31. The lowest BCUT2D eigenvalue weighted by Crippen LogP contribution is -2.16. The van der Waals surface area contributed by atoms with Gasteiger partial charge in [0, 0.05) is 6.04 Å². The van der Waals surface area contributed by atoms with Gasteiger partial charge in [0.2, 0.25) is 0 Å². The van der Waals surface area contributed by atoms with E-state index < -0.39 is 0 Å². The van der Waals surface area contributed by atoms with Crippen molar-refractivity contribution in [3.8, 4) is 0 Å². The van der Waals surface area contributed by atoms with Crippen LogP contribution in [0.4, 0.5) is 0 Å². The fourth-order valence-electron chi connectivity index (χ4n) is 1.28. The summed E-state index contributed by atoms with van der Waals surface area (Å²) in [6.45, 7) is 3.04. The summed E-state index contributed by atoms with van der Waals surface area (Å²) in [4.78, 5) is 0. The van der Waals surface area contributed by atoms with Crippen molar-refractivity contribution in [2.24, 2.45) is 5.92 Å². The van der Waals surface area contributed by atoms with Crippen LogP contribution < -0.4 is 5.32 Å². The number of hydrogen-bond donors (Lipinski definition) is 1. The Morgan fingerprint density at radius 1 is 1.67 bits per heavy atom. The first-order valence-corrected chi connectivity index (χ1v) is 4.61. The van der Waals surface area contributed by atoms with Gasteiger partial charge in [-0.05, 0) is 36.1 Å². The zero-order valence-corrected chi connectivity index (χ0v) is 7.77. The summed E-state index contributed by atoms with van der Waals surface area (Å²) in [6.07, 6.45) is 1.29. The molecular formula is C9H12ClNO. The maximum absolute atomic E-state index is 5.63. The van der Waals surface area contributed by atoms with Crippen LogP contribution in [0.5, 0.6) is 0 Å². The van der Waals surface area contributed by atoms with Crippen LogP contribution in [0.3, 0.4) is 0 Å². The monoisotopic (exact) mass is 185 g/mol. The summed E-state index contributed by atoms with van der Waals surface area (Å²) in [5.74, 6) is 1.74. The molecule has 0 aromatic carbocycles. The third-order valence-corrected chi connectivity index (χ3v) is 2.48. The second-order valence-electron chi connectivity index (χ2n) is 3.41. The van der Waals surface area contributed by atoms with E-state index in [1.165, 1.54) is 6.42 Å². The standard InChI is InChI=1S/C9H12ClNO/c1-6-4-8(6)11-5-7-2-3-9(10)12-7/h2-3,6,8,11H,4-5H2,1H3/t6-,8-/m1/s1. The molecule has 3 heteroatoms. The Bertz CT molecular complexity index is 271. The van der Waals surface area contributed by atoms with Crippen LogP contribution in [0, 0.1) is 5.92 Å². The molecule has 0 aliphatic heterocycles. The molecule has 1 aliphatic carbocycles. The number of rotatable bonds is 3. The Kier molecular flexibility index (Phi) is 2.11. The first-order chi connectivity index (χ1) is 5.75. The van der Waals surface area contributed by atoms with E-state index in [2.05, 4.69) is 12.2 Å². The Labute approximate surface area is 76.9 Å². The fraction of sp³-hybridized carbons (Fsp3) is 0.556. The molecule has 0 amide bonds. The van der Waals surface area contributed by atoms with Crippen LogP contribution in [0.2, 0.25) is 5.22 Å². The molecule has 1 aromatic heterocycles. The van der Waals surface area contributed by atoms with E-state index in [9.17, 15) is 0 Å². The third kappa shape index (κ3) is 1.82. The second kappa shape index (κ2) is 3.11. The van der Waals surface area contributed by atoms with Crippen molar-refractivity contribution < 1.29 is 4.42 Å². The molecule has 2 nitrogen and oxygen atoms in total. The van der Waals surface area contributed by atoms with Gasteiger partial charge < -0.3 is 9.73 Å². The van der Waals surface area contributed by atoms with Crippen LogP contribution in [0.15, 0.2) is 16.5 Å². The molecule has 66 valence electrons. The van der Waals surface area contributed by atoms with E-state index in [0.717, 1.165) is 18.2 Å².